The number of allylic oxidation sites excluding steroid dienone is 1. The highest BCUT2D eigenvalue weighted by atomic mass is 16.5. The summed E-state index contributed by atoms with van der Waals surface area (Å²) < 4.78 is 11.2. The Hall–Kier alpha value is -3.19. The smallest absolute Gasteiger partial charge is 0.205 e. The van der Waals surface area contributed by atoms with Crippen LogP contribution in [0.3, 0.4) is 0 Å². The van der Waals surface area contributed by atoms with Crippen molar-refractivity contribution in [3.63, 3.8) is 0 Å². The van der Waals surface area contributed by atoms with Gasteiger partial charge in [0.1, 0.15) is 23.2 Å². The van der Waals surface area contributed by atoms with Gasteiger partial charge in [0.2, 0.25) is 5.88 Å². The van der Waals surface area contributed by atoms with Gasteiger partial charge in [-0.25, -0.2) is 0 Å². The van der Waals surface area contributed by atoms with E-state index in [9.17, 15) is 5.26 Å². The highest BCUT2D eigenvalue weighted by molar-refractivity contribution is 5.90. The molecule has 1 aliphatic heterocycles. The molecule has 1 atom stereocenters. The van der Waals surface area contributed by atoms with E-state index >= 15 is 0 Å². The van der Waals surface area contributed by atoms with Crippen LogP contribution in [0.15, 0.2) is 70.7 Å². The third-order valence-electron chi connectivity index (χ3n) is 3.94. The zero-order valence-corrected chi connectivity index (χ0v) is 11.6. The van der Waals surface area contributed by atoms with Crippen LogP contribution in [-0.4, -0.2) is 0 Å². The van der Waals surface area contributed by atoms with Crippen molar-refractivity contribution < 1.29 is 9.15 Å². The van der Waals surface area contributed by atoms with Gasteiger partial charge in [0.05, 0.1) is 12.2 Å². The summed E-state index contributed by atoms with van der Waals surface area (Å²) in [6.45, 7) is 0. The van der Waals surface area contributed by atoms with Gasteiger partial charge in [-0.15, -0.1) is 0 Å². The van der Waals surface area contributed by atoms with Crippen molar-refractivity contribution in [1.29, 1.82) is 5.26 Å². The largest absolute Gasteiger partial charge is 0.468 e. The molecule has 4 heteroatoms. The van der Waals surface area contributed by atoms with E-state index in [1.807, 2.05) is 42.5 Å². The minimum Gasteiger partial charge on any atom is -0.468 e. The van der Waals surface area contributed by atoms with Gasteiger partial charge < -0.3 is 14.9 Å². The molecule has 2 heterocycles. The molecule has 1 aromatic heterocycles. The number of hydrogen-bond donors (Lipinski definition) is 1. The highest BCUT2D eigenvalue weighted by Gasteiger charge is 2.33. The van der Waals surface area contributed by atoms with Crippen LogP contribution in [-0.2, 0) is 0 Å². The van der Waals surface area contributed by atoms with Crippen LogP contribution in [0.4, 0.5) is 0 Å². The van der Waals surface area contributed by atoms with Crippen molar-refractivity contribution in [2.24, 2.45) is 5.73 Å². The lowest BCUT2D eigenvalue weighted by Gasteiger charge is -2.26. The fraction of sp³-hybridized carbons (Fsp3) is 0.0556. The van der Waals surface area contributed by atoms with Crippen molar-refractivity contribution in [3.8, 4) is 11.8 Å². The number of furan rings is 1. The van der Waals surface area contributed by atoms with E-state index in [2.05, 4.69) is 6.07 Å². The first-order valence-corrected chi connectivity index (χ1v) is 6.92. The second-order valence-corrected chi connectivity index (χ2v) is 5.14. The molecule has 22 heavy (non-hydrogen) atoms. The summed E-state index contributed by atoms with van der Waals surface area (Å²) in [6.07, 6.45) is 1.60. The maximum atomic E-state index is 9.52. The first kappa shape index (κ1) is 12.5. The Labute approximate surface area is 127 Å². The average molecular weight is 288 g/mol. The Kier molecular flexibility index (Phi) is 2.67. The topological polar surface area (TPSA) is 72.2 Å². The first-order chi connectivity index (χ1) is 10.8. The Bertz CT molecular complexity index is 933. The van der Waals surface area contributed by atoms with Gasteiger partial charge in [-0.1, -0.05) is 30.3 Å². The predicted molar refractivity (Wildman–Crippen MR) is 82.0 cm³/mol. The summed E-state index contributed by atoms with van der Waals surface area (Å²) in [5, 5.41) is 11.6. The molecule has 0 saturated heterocycles. The third-order valence-corrected chi connectivity index (χ3v) is 3.94. The molecule has 0 aliphatic carbocycles. The maximum Gasteiger partial charge on any atom is 0.205 e. The molecule has 4 rings (SSSR count). The van der Waals surface area contributed by atoms with Crippen LogP contribution < -0.4 is 10.5 Å². The summed E-state index contributed by atoms with van der Waals surface area (Å²) >= 11 is 0. The molecule has 1 aliphatic rings. The molecule has 0 radical (unpaired) electrons. The van der Waals surface area contributed by atoms with Gasteiger partial charge in [0.15, 0.2) is 0 Å². The van der Waals surface area contributed by atoms with Crippen LogP contribution >= 0.6 is 0 Å². The van der Waals surface area contributed by atoms with Gasteiger partial charge >= 0.3 is 0 Å². The van der Waals surface area contributed by atoms with Crippen LogP contribution in [0, 0.1) is 11.3 Å². The standard InChI is InChI=1S/C18H12N2O2/c19-10-13-17(14-6-3-9-21-14)16-12-5-2-1-4-11(12)7-8-15(16)22-18(13)20/h1-9,17H,20H2/t17-/m0/s1. The third kappa shape index (κ3) is 1.69. The Morgan fingerprint density at radius 2 is 1.91 bits per heavy atom. The molecule has 106 valence electrons. The molecule has 2 aromatic carbocycles. The Balaban J connectivity index is 2.08. The van der Waals surface area contributed by atoms with E-state index in [4.69, 9.17) is 14.9 Å². The average Bonchev–Trinajstić information content (AvgIpc) is 3.07. The van der Waals surface area contributed by atoms with Crippen molar-refractivity contribution in [2.45, 2.75) is 5.92 Å². The fourth-order valence-electron chi connectivity index (χ4n) is 2.98. The molecule has 0 spiro atoms. The van der Waals surface area contributed by atoms with Crippen LogP contribution in [0.5, 0.6) is 5.75 Å². The van der Waals surface area contributed by atoms with Crippen molar-refractivity contribution in [1.82, 2.24) is 0 Å². The predicted octanol–water partition coefficient (Wildman–Crippen LogP) is 3.65. The number of nitriles is 1. The van der Waals surface area contributed by atoms with Crippen LogP contribution in [0.2, 0.25) is 0 Å². The minimum absolute atomic E-state index is 0.131. The maximum absolute atomic E-state index is 9.52. The number of benzene rings is 2. The quantitative estimate of drug-likeness (QED) is 0.741. The summed E-state index contributed by atoms with van der Waals surface area (Å²) in [7, 11) is 0. The van der Waals surface area contributed by atoms with Crippen LogP contribution in [0.1, 0.15) is 17.2 Å². The molecular weight excluding hydrogens is 276 g/mol. The second-order valence-electron chi connectivity index (χ2n) is 5.14. The molecule has 4 nitrogen and oxygen atoms in total. The number of ether oxygens (including phenoxy) is 1. The summed E-state index contributed by atoms with van der Waals surface area (Å²) in [5.41, 5.74) is 7.23. The number of fused-ring (bicyclic) bond motifs is 3. The van der Waals surface area contributed by atoms with Crippen molar-refractivity contribution in [2.75, 3.05) is 0 Å². The lowest BCUT2D eigenvalue weighted by molar-refractivity contribution is 0.385. The van der Waals surface area contributed by atoms with Crippen molar-refractivity contribution in [3.05, 3.63) is 77.6 Å². The Morgan fingerprint density at radius 3 is 2.68 bits per heavy atom. The van der Waals surface area contributed by atoms with E-state index in [1.54, 1.807) is 12.3 Å². The van der Waals surface area contributed by atoms with E-state index in [0.717, 1.165) is 16.3 Å². The van der Waals surface area contributed by atoms with E-state index in [1.165, 1.54) is 0 Å². The fourth-order valence-corrected chi connectivity index (χ4v) is 2.98. The summed E-state index contributed by atoms with van der Waals surface area (Å²) in [4.78, 5) is 0. The normalized spacial score (nSPS) is 17.0. The van der Waals surface area contributed by atoms with E-state index < -0.39 is 0 Å². The van der Waals surface area contributed by atoms with E-state index in [0.29, 0.717) is 17.1 Å². The molecule has 0 bridgehead atoms. The molecule has 3 aromatic rings. The van der Waals surface area contributed by atoms with Gasteiger partial charge in [-0.2, -0.15) is 5.26 Å². The minimum atomic E-state index is -0.352. The first-order valence-electron chi connectivity index (χ1n) is 6.92. The SMILES string of the molecule is N#CC1=C(N)Oc2ccc3ccccc3c2[C@@H]1c1ccco1. The van der Waals surface area contributed by atoms with Gasteiger partial charge in [0, 0.05) is 5.56 Å². The lowest BCUT2D eigenvalue weighted by Crippen LogP contribution is -2.21. The number of rotatable bonds is 1. The summed E-state index contributed by atoms with van der Waals surface area (Å²) in [6, 6.07) is 17.7. The van der Waals surface area contributed by atoms with Crippen molar-refractivity contribution >= 4 is 10.8 Å². The molecule has 0 unspecified atom stereocenters. The lowest BCUT2D eigenvalue weighted by atomic mass is 9.84. The monoisotopic (exact) mass is 288 g/mol. The van der Waals surface area contributed by atoms with Crippen LogP contribution in [0.25, 0.3) is 10.8 Å². The second kappa shape index (κ2) is 4.68. The zero-order chi connectivity index (χ0) is 15.1. The summed E-state index contributed by atoms with van der Waals surface area (Å²) in [5.74, 6) is 1.12. The zero-order valence-electron chi connectivity index (χ0n) is 11.6. The number of nitrogens with zero attached hydrogens (tertiary/aromatic N) is 1. The molecule has 0 amide bonds. The van der Waals surface area contributed by atoms with Gasteiger partial charge in [0.25, 0.3) is 0 Å². The molecule has 0 saturated carbocycles. The van der Waals surface area contributed by atoms with E-state index in [-0.39, 0.29) is 11.8 Å². The number of hydrogen-bond acceptors (Lipinski definition) is 4. The number of nitrogens with two attached hydrogens (primary N) is 1. The molecular formula is C18H12N2O2. The molecule has 2 N–H and O–H groups in total. The van der Waals surface area contributed by atoms with Gasteiger partial charge in [-0.05, 0) is 29.0 Å². The molecule has 0 fully saturated rings. The Morgan fingerprint density at radius 1 is 1.05 bits per heavy atom. The van der Waals surface area contributed by atoms with Gasteiger partial charge in [-0.3, -0.25) is 0 Å². The highest BCUT2D eigenvalue weighted by Crippen LogP contribution is 2.45.